The number of aromatic amines is 1. The molecule has 1 amide bonds. The van der Waals surface area contributed by atoms with Gasteiger partial charge >= 0.3 is 5.69 Å². The van der Waals surface area contributed by atoms with Gasteiger partial charge < -0.3 is 14.6 Å². The summed E-state index contributed by atoms with van der Waals surface area (Å²) < 4.78 is 5.04. The molecule has 1 aliphatic rings. The van der Waals surface area contributed by atoms with E-state index in [9.17, 15) is 14.9 Å². The van der Waals surface area contributed by atoms with E-state index in [4.69, 9.17) is 4.74 Å². The Morgan fingerprint density at radius 1 is 1.29 bits per heavy atom. The van der Waals surface area contributed by atoms with Crippen LogP contribution in [0.25, 0.3) is 21.8 Å². The fourth-order valence-electron chi connectivity index (χ4n) is 3.26. The van der Waals surface area contributed by atoms with Crippen LogP contribution in [0.2, 0.25) is 0 Å². The van der Waals surface area contributed by atoms with Gasteiger partial charge in [0.1, 0.15) is 10.7 Å². The predicted molar refractivity (Wildman–Crippen MR) is 106 cm³/mol. The van der Waals surface area contributed by atoms with Gasteiger partial charge in [-0.15, -0.1) is 11.3 Å². The van der Waals surface area contributed by atoms with E-state index in [1.165, 1.54) is 24.5 Å². The van der Waals surface area contributed by atoms with Crippen molar-refractivity contribution in [2.24, 2.45) is 0 Å². The van der Waals surface area contributed by atoms with Crippen molar-refractivity contribution >= 4 is 22.9 Å². The number of carbonyl (C=O) groups excluding carboxylic acids is 1. The van der Waals surface area contributed by atoms with Gasteiger partial charge in [-0.3, -0.25) is 14.9 Å². The van der Waals surface area contributed by atoms with Crippen molar-refractivity contribution in [3.63, 3.8) is 0 Å². The molecular weight excluding hydrogens is 380 g/mol. The normalized spacial score (nSPS) is 13.7. The molecule has 4 rings (SSSR count). The zero-order valence-electron chi connectivity index (χ0n) is 15.2. The molecule has 0 radical (unpaired) electrons. The van der Waals surface area contributed by atoms with Crippen LogP contribution in [0.15, 0.2) is 35.8 Å². The second-order valence-corrected chi connectivity index (χ2v) is 7.34. The molecule has 0 atom stereocenters. The number of H-pyrrole nitrogens is 1. The van der Waals surface area contributed by atoms with E-state index in [0.717, 1.165) is 37.2 Å². The highest BCUT2D eigenvalue weighted by Crippen LogP contribution is 2.35. The Morgan fingerprint density at radius 3 is 2.79 bits per heavy atom. The van der Waals surface area contributed by atoms with Crippen molar-refractivity contribution in [3.8, 4) is 27.6 Å². The smallest absolute Gasteiger partial charge is 0.311 e. The first-order valence-electron chi connectivity index (χ1n) is 8.83. The summed E-state index contributed by atoms with van der Waals surface area (Å²) in [5.74, 6) is 0.214. The first-order valence-corrected chi connectivity index (χ1v) is 9.71. The topological polar surface area (TPSA) is 101 Å². The van der Waals surface area contributed by atoms with E-state index < -0.39 is 4.92 Å². The fraction of sp³-hybridized carbons (Fsp3) is 0.263. The summed E-state index contributed by atoms with van der Waals surface area (Å²) in [4.78, 5) is 32.7. The van der Waals surface area contributed by atoms with Crippen LogP contribution in [-0.2, 0) is 0 Å². The summed E-state index contributed by atoms with van der Waals surface area (Å²) >= 11 is 1.39. The number of hydrogen-bond donors (Lipinski definition) is 1. The first kappa shape index (κ1) is 18.2. The van der Waals surface area contributed by atoms with E-state index >= 15 is 0 Å². The average Bonchev–Trinajstić information content (AvgIpc) is 3.47. The number of amides is 1. The van der Waals surface area contributed by atoms with Gasteiger partial charge in [0, 0.05) is 41.9 Å². The molecule has 144 valence electrons. The molecule has 2 aromatic heterocycles. The van der Waals surface area contributed by atoms with Crippen LogP contribution < -0.4 is 4.74 Å². The van der Waals surface area contributed by atoms with Crippen LogP contribution in [-0.4, -0.2) is 45.9 Å². The van der Waals surface area contributed by atoms with Crippen molar-refractivity contribution in [1.82, 2.24) is 14.9 Å². The molecule has 3 aromatic rings. The first-order chi connectivity index (χ1) is 13.6. The van der Waals surface area contributed by atoms with Crippen LogP contribution in [0.3, 0.4) is 0 Å². The number of methoxy groups -OCH3 is 1. The summed E-state index contributed by atoms with van der Waals surface area (Å²) in [6, 6.07) is 6.57. The van der Waals surface area contributed by atoms with Crippen LogP contribution >= 0.6 is 11.3 Å². The number of likely N-dealkylation sites (tertiary alicyclic amines) is 1. The zero-order chi connectivity index (χ0) is 19.7. The Balaban J connectivity index is 1.59. The minimum Gasteiger partial charge on any atom is -0.490 e. The summed E-state index contributed by atoms with van der Waals surface area (Å²) in [6.07, 6.45) is 3.85. The Kier molecular flexibility index (Phi) is 4.82. The molecule has 1 N–H and O–H groups in total. The van der Waals surface area contributed by atoms with E-state index in [-0.39, 0.29) is 17.3 Å². The van der Waals surface area contributed by atoms with Gasteiger partial charge in [0.05, 0.1) is 17.7 Å². The fourth-order valence-corrected chi connectivity index (χ4v) is 4.09. The minimum absolute atomic E-state index is 0.00461. The summed E-state index contributed by atoms with van der Waals surface area (Å²) in [5, 5.41) is 13.8. The SMILES string of the molecule is COc1ccc(-c2nc(-c3c[nH]c(C(=O)N4CCCC4)c3)cs2)cc1[N+](=O)[O-]. The van der Waals surface area contributed by atoms with E-state index in [1.807, 2.05) is 10.3 Å². The third-order valence-electron chi connectivity index (χ3n) is 4.73. The quantitative estimate of drug-likeness (QED) is 0.518. The molecule has 0 saturated carbocycles. The molecule has 3 heterocycles. The largest absolute Gasteiger partial charge is 0.490 e. The number of aromatic nitrogens is 2. The summed E-state index contributed by atoms with van der Waals surface area (Å²) in [7, 11) is 1.40. The van der Waals surface area contributed by atoms with Gasteiger partial charge in [-0.2, -0.15) is 0 Å². The maximum atomic E-state index is 12.5. The van der Waals surface area contributed by atoms with Crippen molar-refractivity contribution < 1.29 is 14.5 Å². The second kappa shape index (κ2) is 7.43. The highest BCUT2D eigenvalue weighted by atomic mass is 32.1. The van der Waals surface area contributed by atoms with Crippen LogP contribution in [0.4, 0.5) is 5.69 Å². The molecule has 1 saturated heterocycles. The second-order valence-electron chi connectivity index (χ2n) is 6.48. The number of benzene rings is 1. The third kappa shape index (κ3) is 3.36. The number of thiazole rings is 1. The molecule has 0 aliphatic carbocycles. The van der Waals surface area contributed by atoms with Gasteiger partial charge in [-0.1, -0.05) is 0 Å². The Bertz CT molecular complexity index is 1040. The maximum Gasteiger partial charge on any atom is 0.311 e. The van der Waals surface area contributed by atoms with Gasteiger partial charge in [-0.25, -0.2) is 4.98 Å². The zero-order valence-corrected chi connectivity index (χ0v) is 16.0. The summed E-state index contributed by atoms with van der Waals surface area (Å²) in [5.41, 5.74) is 2.62. The predicted octanol–water partition coefficient (Wildman–Crippen LogP) is 3.96. The monoisotopic (exact) mass is 398 g/mol. The number of nitro groups is 1. The van der Waals surface area contributed by atoms with Gasteiger partial charge in [0.2, 0.25) is 0 Å². The lowest BCUT2D eigenvalue weighted by molar-refractivity contribution is -0.385. The molecule has 1 fully saturated rings. The van der Waals surface area contributed by atoms with Crippen molar-refractivity contribution in [3.05, 3.63) is 51.7 Å². The van der Waals surface area contributed by atoms with Crippen LogP contribution in [0.1, 0.15) is 23.3 Å². The Hall–Kier alpha value is -3.20. The van der Waals surface area contributed by atoms with Crippen molar-refractivity contribution in [2.45, 2.75) is 12.8 Å². The lowest BCUT2D eigenvalue weighted by Crippen LogP contribution is -2.27. The van der Waals surface area contributed by atoms with Crippen LogP contribution in [0.5, 0.6) is 5.75 Å². The van der Waals surface area contributed by atoms with E-state index in [1.54, 1.807) is 24.4 Å². The number of hydrogen-bond acceptors (Lipinski definition) is 6. The molecular formula is C19H18N4O4S. The Morgan fingerprint density at radius 2 is 2.07 bits per heavy atom. The van der Waals surface area contributed by atoms with Gasteiger partial charge in [0.15, 0.2) is 5.75 Å². The molecule has 0 bridgehead atoms. The van der Waals surface area contributed by atoms with Crippen LogP contribution in [0, 0.1) is 10.1 Å². The molecule has 1 aromatic carbocycles. The molecule has 28 heavy (non-hydrogen) atoms. The molecule has 0 spiro atoms. The third-order valence-corrected chi connectivity index (χ3v) is 5.62. The molecule has 9 heteroatoms. The average molecular weight is 398 g/mol. The molecule has 1 aliphatic heterocycles. The number of nitrogens with one attached hydrogen (secondary N) is 1. The number of carbonyl (C=O) groups is 1. The highest BCUT2D eigenvalue weighted by Gasteiger charge is 2.22. The lowest BCUT2D eigenvalue weighted by atomic mass is 10.2. The minimum atomic E-state index is -0.473. The number of nitrogens with zero attached hydrogens (tertiary/aromatic N) is 3. The number of rotatable bonds is 5. The standard InChI is InChI=1S/C19H18N4O4S/c1-27-17-5-4-12(9-16(17)23(25)26)18-21-15(11-28-18)13-8-14(20-10-13)19(24)22-6-2-3-7-22/h4-5,8-11,20H,2-3,6-7H2,1H3. The maximum absolute atomic E-state index is 12.5. The van der Waals surface area contributed by atoms with E-state index in [2.05, 4.69) is 9.97 Å². The van der Waals surface area contributed by atoms with Crippen molar-refractivity contribution in [1.29, 1.82) is 0 Å². The molecule has 8 nitrogen and oxygen atoms in total. The van der Waals surface area contributed by atoms with Gasteiger partial charge in [-0.05, 0) is 31.0 Å². The van der Waals surface area contributed by atoms with E-state index in [0.29, 0.717) is 16.3 Å². The molecule has 0 unspecified atom stereocenters. The van der Waals surface area contributed by atoms with Gasteiger partial charge in [0.25, 0.3) is 5.91 Å². The number of nitro benzene ring substituents is 1. The summed E-state index contributed by atoms with van der Waals surface area (Å²) in [6.45, 7) is 1.59. The van der Waals surface area contributed by atoms with Crippen molar-refractivity contribution in [2.75, 3.05) is 20.2 Å². The highest BCUT2D eigenvalue weighted by molar-refractivity contribution is 7.13. The number of ether oxygens (including phenoxy) is 1. The lowest BCUT2D eigenvalue weighted by Gasteiger charge is -2.13. The Labute approximate surface area is 164 Å².